The number of pyridine rings is 2. The van der Waals surface area contributed by atoms with Crippen LogP contribution < -0.4 is 9.47 Å². The van der Waals surface area contributed by atoms with Gasteiger partial charge in [0.15, 0.2) is 0 Å². The van der Waals surface area contributed by atoms with Crippen molar-refractivity contribution in [3.05, 3.63) is 96.6 Å². The van der Waals surface area contributed by atoms with Gasteiger partial charge in [0.05, 0.1) is 37.6 Å². The molecule has 0 aliphatic rings. The van der Waals surface area contributed by atoms with E-state index in [1.54, 1.807) is 36.7 Å². The van der Waals surface area contributed by atoms with Crippen LogP contribution in [0.4, 0.5) is 0 Å². The number of nitrogens with zero attached hydrogens (tertiary/aromatic N) is 2. The average Bonchev–Trinajstić information content (AvgIpc) is 2.97. The van der Waals surface area contributed by atoms with Gasteiger partial charge in [-0.1, -0.05) is 24.3 Å². The molecule has 0 saturated heterocycles. The number of aromatic nitrogens is 2. The van der Waals surface area contributed by atoms with Crippen molar-refractivity contribution in [2.75, 3.05) is 26.4 Å². The van der Waals surface area contributed by atoms with Crippen LogP contribution in [0, 0.1) is 0 Å². The molecule has 196 valence electrons. The van der Waals surface area contributed by atoms with E-state index in [4.69, 9.17) is 18.9 Å². The van der Waals surface area contributed by atoms with Crippen LogP contribution in [0.25, 0.3) is 10.8 Å². The Morgan fingerprint density at radius 1 is 0.553 bits per heavy atom. The molecule has 0 radical (unpaired) electrons. The van der Waals surface area contributed by atoms with Gasteiger partial charge in [-0.25, -0.2) is 9.59 Å². The fraction of sp³-hybridized carbons (Fsp3) is 0.267. The summed E-state index contributed by atoms with van der Waals surface area (Å²) in [7, 11) is 0. The van der Waals surface area contributed by atoms with Gasteiger partial charge in [-0.05, 0) is 62.1 Å². The molecular formula is C30H30N2O6. The number of carbonyl (C=O) groups excluding carboxylic acids is 2. The summed E-state index contributed by atoms with van der Waals surface area (Å²) in [6.07, 6.45) is 9.10. The van der Waals surface area contributed by atoms with Gasteiger partial charge in [0, 0.05) is 35.6 Å². The number of carbonyl (C=O) groups is 2. The smallest absolute Gasteiger partial charge is 0.339 e. The van der Waals surface area contributed by atoms with Gasteiger partial charge in [-0.2, -0.15) is 0 Å². The molecule has 2 aromatic carbocycles. The van der Waals surface area contributed by atoms with Crippen molar-refractivity contribution in [1.29, 1.82) is 0 Å². The minimum Gasteiger partial charge on any atom is -0.493 e. The lowest BCUT2D eigenvalue weighted by Crippen LogP contribution is -2.08. The summed E-state index contributed by atoms with van der Waals surface area (Å²) in [5, 5.41) is 1.94. The SMILES string of the molecule is O=C(OCCCCOc1cccc2c(OCCCCOC(=O)c3cccnc3)cccc12)c1cccnc1. The molecule has 4 aromatic rings. The Labute approximate surface area is 221 Å². The van der Waals surface area contributed by atoms with Gasteiger partial charge in [0.25, 0.3) is 0 Å². The number of hydrogen-bond donors (Lipinski definition) is 0. The molecule has 2 aromatic heterocycles. The Hall–Kier alpha value is -4.46. The Bertz CT molecular complexity index is 1210. The first-order valence-electron chi connectivity index (χ1n) is 12.6. The van der Waals surface area contributed by atoms with Crippen molar-refractivity contribution in [2.24, 2.45) is 0 Å². The summed E-state index contributed by atoms with van der Waals surface area (Å²) < 4.78 is 22.6. The summed E-state index contributed by atoms with van der Waals surface area (Å²) >= 11 is 0. The highest BCUT2D eigenvalue weighted by molar-refractivity contribution is 5.93. The standard InChI is InChI=1S/C30H30N2O6/c33-29(23-9-7-15-31-21-23)37-19-3-1-17-35-27-13-5-12-26-25(27)11-6-14-28(26)36-18-2-4-20-38-30(34)24-10-8-16-32-22-24/h5-16,21-22H,1-4,17-20H2. The third kappa shape index (κ3) is 7.77. The first kappa shape index (κ1) is 26.6. The molecule has 0 spiro atoms. The van der Waals surface area contributed by atoms with E-state index in [0.717, 1.165) is 35.1 Å². The molecule has 0 unspecified atom stereocenters. The van der Waals surface area contributed by atoms with Gasteiger partial charge in [-0.15, -0.1) is 0 Å². The molecule has 8 nitrogen and oxygen atoms in total. The van der Waals surface area contributed by atoms with Gasteiger partial charge >= 0.3 is 11.9 Å². The van der Waals surface area contributed by atoms with Crippen LogP contribution in [0.3, 0.4) is 0 Å². The average molecular weight is 515 g/mol. The lowest BCUT2D eigenvalue weighted by molar-refractivity contribution is 0.0484. The Kier molecular flexibility index (Phi) is 10.0. The highest BCUT2D eigenvalue weighted by Gasteiger charge is 2.09. The van der Waals surface area contributed by atoms with E-state index in [0.29, 0.717) is 50.4 Å². The fourth-order valence-corrected chi connectivity index (χ4v) is 3.74. The van der Waals surface area contributed by atoms with Crippen LogP contribution in [-0.2, 0) is 9.47 Å². The topological polar surface area (TPSA) is 96.8 Å². The number of ether oxygens (including phenoxy) is 4. The molecule has 0 aliphatic heterocycles. The van der Waals surface area contributed by atoms with Crippen molar-refractivity contribution in [3.8, 4) is 11.5 Å². The number of esters is 2. The van der Waals surface area contributed by atoms with E-state index in [2.05, 4.69) is 9.97 Å². The first-order chi connectivity index (χ1) is 18.7. The summed E-state index contributed by atoms with van der Waals surface area (Å²) in [6, 6.07) is 18.5. The lowest BCUT2D eigenvalue weighted by atomic mass is 10.1. The predicted molar refractivity (Wildman–Crippen MR) is 142 cm³/mol. The minimum atomic E-state index is -0.369. The quantitative estimate of drug-likeness (QED) is 0.157. The molecular weight excluding hydrogens is 484 g/mol. The summed E-state index contributed by atoms with van der Waals surface area (Å²) in [5.74, 6) is 0.822. The van der Waals surface area contributed by atoms with Crippen molar-refractivity contribution < 1.29 is 28.5 Å². The Morgan fingerprint density at radius 3 is 1.42 bits per heavy atom. The van der Waals surface area contributed by atoms with Crippen LogP contribution >= 0.6 is 0 Å². The van der Waals surface area contributed by atoms with Gasteiger partial charge in [-0.3, -0.25) is 9.97 Å². The maximum atomic E-state index is 12.0. The second kappa shape index (κ2) is 14.3. The Balaban J connectivity index is 1.17. The van der Waals surface area contributed by atoms with Gasteiger partial charge in [0.2, 0.25) is 0 Å². The van der Waals surface area contributed by atoms with E-state index in [1.807, 2.05) is 36.4 Å². The summed E-state index contributed by atoms with van der Waals surface area (Å²) in [6.45, 7) is 1.67. The predicted octanol–water partition coefficient (Wildman–Crippen LogP) is 5.66. The van der Waals surface area contributed by atoms with Crippen molar-refractivity contribution in [3.63, 3.8) is 0 Å². The van der Waals surface area contributed by atoms with Crippen molar-refractivity contribution in [2.45, 2.75) is 25.7 Å². The maximum Gasteiger partial charge on any atom is 0.339 e. The second-order valence-corrected chi connectivity index (χ2v) is 8.47. The normalized spacial score (nSPS) is 10.6. The van der Waals surface area contributed by atoms with Crippen molar-refractivity contribution >= 4 is 22.7 Å². The molecule has 4 rings (SSSR count). The zero-order valence-corrected chi connectivity index (χ0v) is 21.1. The largest absolute Gasteiger partial charge is 0.493 e. The molecule has 0 N–H and O–H groups in total. The van der Waals surface area contributed by atoms with Gasteiger partial charge in [0.1, 0.15) is 11.5 Å². The monoisotopic (exact) mass is 514 g/mol. The molecule has 0 atom stereocenters. The third-order valence-corrected chi connectivity index (χ3v) is 5.70. The van der Waals surface area contributed by atoms with E-state index in [1.165, 1.54) is 12.4 Å². The molecule has 2 heterocycles. The van der Waals surface area contributed by atoms with Gasteiger partial charge < -0.3 is 18.9 Å². The molecule has 0 saturated carbocycles. The molecule has 38 heavy (non-hydrogen) atoms. The van der Waals surface area contributed by atoms with Crippen LogP contribution in [0.5, 0.6) is 11.5 Å². The fourth-order valence-electron chi connectivity index (χ4n) is 3.74. The lowest BCUT2D eigenvalue weighted by Gasteiger charge is -2.13. The number of unbranched alkanes of at least 4 members (excludes halogenated alkanes) is 2. The minimum absolute atomic E-state index is 0.327. The summed E-state index contributed by atoms with van der Waals surface area (Å²) in [4.78, 5) is 31.8. The van der Waals surface area contributed by atoms with E-state index >= 15 is 0 Å². The number of benzene rings is 2. The Morgan fingerprint density at radius 2 is 1.00 bits per heavy atom. The number of rotatable bonds is 14. The van der Waals surface area contributed by atoms with Crippen LogP contribution in [0.1, 0.15) is 46.4 Å². The third-order valence-electron chi connectivity index (χ3n) is 5.70. The van der Waals surface area contributed by atoms with E-state index in [9.17, 15) is 9.59 Å². The van der Waals surface area contributed by atoms with E-state index in [-0.39, 0.29) is 11.9 Å². The number of fused-ring (bicyclic) bond motifs is 1. The highest BCUT2D eigenvalue weighted by atomic mass is 16.5. The zero-order chi connectivity index (χ0) is 26.4. The van der Waals surface area contributed by atoms with Crippen LogP contribution in [0.2, 0.25) is 0 Å². The molecule has 0 fully saturated rings. The van der Waals surface area contributed by atoms with Crippen LogP contribution in [0.15, 0.2) is 85.5 Å². The zero-order valence-electron chi connectivity index (χ0n) is 21.1. The highest BCUT2D eigenvalue weighted by Crippen LogP contribution is 2.32. The molecule has 0 bridgehead atoms. The molecule has 0 amide bonds. The molecule has 0 aliphatic carbocycles. The van der Waals surface area contributed by atoms with E-state index < -0.39 is 0 Å². The molecule has 8 heteroatoms. The van der Waals surface area contributed by atoms with Crippen molar-refractivity contribution in [1.82, 2.24) is 9.97 Å². The number of hydrogen-bond acceptors (Lipinski definition) is 8. The first-order valence-corrected chi connectivity index (χ1v) is 12.6. The second-order valence-electron chi connectivity index (χ2n) is 8.47. The maximum absolute atomic E-state index is 12.0. The van der Waals surface area contributed by atoms with Crippen LogP contribution in [-0.4, -0.2) is 48.3 Å². The summed E-state index contributed by atoms with van der Waals surface area (Å²) in [5.41, 5.74) is 0.892.